The Morgan fingerprint density at radius 2 is 1.29 bits per heavy atom. The summed E-state index contributed by atoms with van der Waals surface area (Å²) in [7, 11) is 3.13. The number of ether oxygens (including phenoxy) is 4. The molecule has 1 aromatic rings. The van der Waals surface area contributed by atoms with Gasteiger partial charge in [-0.2, -0.15) is 0 Å². The maximum atomic E-state index is 12.6. The smallest absolute Gasteiger partial charge is 0.419 e. The molecule has 0 aliphatic carbocycles. The topological polar surface area (TPSA) is 74.3 Å². The van der Waals surface area contributed by atoms with Crippen molar-refractivity contribution < 1.29 is 28.5 Å². The van der Waals surface area contributed by atoms with Crippen LogP contribution >= 0.6 is 0 Å². The molecule has 0 aliphatic rings. The van der Waals surface area contributed by atoms with Crippen molar-refractivity contribution in [1.29, 1.82) is 0 Å². The van der Waals surface area contributed by atoms with Crippen LogP contribution in [0.4, 0.5) is 9.59 Å². The van der Waals surface area contributed by atoms with Gasteiger partial charge < -0.3 is 18.9 Å². The third-order valence-corrected chi connectivity index (χ3v) is 3.67. The molecule has 158 valence electrons. The Morgan fingerprint density at radius 3 is 1.68 bits per heavy atom. The Bertz CT molecular complexity index is 672. The second kappa shape index (κ2) is 9.17. The van der Waals surface area contributed by atoms with E-state index in [0.29, 0.717) is 17.9 Å². The molecule has 0 atom stereocenters. The number of aryl methyl sites for hydroxylation is 1. The van der Waals surface area contributed by atoms with Gasteiger partial charge in [0.15, 0.2) is 11.5 Å². The largest absolute Gasteiger partial charge is 0.493 e. The first-order valence-corrected chi connectivity index (χ1v) is 9.22. The molecule has 0 unspecified atom stereocenters. The molecule has 1 aromatic carbocycles. The minimum atomic E-state index is -0.736. The van der Waals surface area contributed by atoms with Gasteiger partial charge in [0.05, 0.1) is 14.2 Å². The fraction of sp³-hybridized carbons (Fsp3) is 0.619. The summed E-state index contributed by atoms with van der Waals surface area (Å²) in [5.41, 5.74) is 0.438. The fourth-order valence-electron chi connectivity index (χ4n) is 2.42. The number of rotatable bonds is 5. The van der Waals surface area contributed by atoms with Crippen molar-refractivity contribution >= 4 is 12.2 Å². The highest BCUT2D eigenvalue weighted by Crippen LogP contribution is 2.30. The zero-order chi connectivity index (χ0) is 21.7. The van der Waals surface area contributed by atoms with Crippen LogP contribution in [-0.4, -0.2) is 49.1 Å². The molecule has 28 heavy (non-hydrogen) atoms. The summed E-state index contributed by atoms with van der Waals surface area (Å²) in [5.74, 6) is 1.21. The molecule has 0 saturated heterocycles. The molecule has 0 heterocycles. The van der Waals surface area contributed by atoms with Crippen LogP contribution < -0.4 is 9.47 Å². The molecule has 0 aromatic heterocycles. The summed E-state index contributed by atoms with van der Waals surface area (Å²) in [4.78, 5) is 26.1. The van der Waals surface area contributed by atoms with E-state index in [9.17, 15) is 9.59 Å². The van der Waals surface area contributed by atoms with E-state index in [1.165, 1.54) is 0 Å². The molecule has 7 nitrogen and oxygen atoms in total. The van der Waals surface area contributed by atoms with Gasteiger partial charge in [-0.1, -0.05) is 0 Å². The summed E-state index contributed by atoms with van der Waals surface area (Å²) in [6.45, 7) is 12.5. The molecule has 0 bridgehead atoms. The number of amides is 2. The van der Waals surface area contributed by atoms with E-state index in [-0.39, 0.29) is 6.54 Å². The molecule has 0 saturated carbocycles. The van der Waals surface area contributed by atoms with Crippen LogP contribution in [0.25, 0.3) is 0 Å². The second-order valence-electron chi connectivity index (χ2n) is 8.50. The van der Waals surface area contributed by atoms with Crippen LogP contribution in [-0.2, 0) is 15.9 Å². The number of benzene rings is 1. The Morgan fingerprint density at radius 1 is 0.857 bits per heavy atom. The average Bonchev–Trinajstić information content (AvgIpc) is 2.52. The molecule has 1 rings (SSSR count). The number of carbonyl (C=O) groups excluding carboxylic acids is 2. The molecular weight excluding hydrogens is 362 g/mol. The molecule has 0 radical (unpaired) electrons. The van der Waals surface area contributed by atoms with Gasteiger partial charge in [0, 0.05) is 6.54 Å². The van der Waals surface area contributed by atoms with Crippen molar-refractivity contribution in [3.63, 3.8) is 0 Å². The van der Waals surface area contributed by atoms with Crippen LogP contribution in [0.5, 0.6) is 11.5 Å². The average molecular weight is 395 g/mol. The van der Waals surface area contributed by atoms with E-state index in [2.05, 4.69) is 0 Å². The fourth-order valence-corrected chi connectivity index (χ4v) is 2.42. The zero-order valence-corrected chi connectivity index (χ0v) is 18.5. The molecule has 2 amide bonds. The third kappa shape index (κ3) is 7.29. The maximum Gasteiger partial charge on any atom is 0.419 e. The number of nitrogens with zero attached hydrogens (tertiary/aromatic N) is 1. The SMILES string of the molecule is COc1cc(C)c(CCN(C(=O)OC(C)(C)C)C(=O)OC(C)(C)C)cc1OC. The molecule has 0 spiro atoms. The monoisotopic (exact) mass is 395 g/mol. The predicted molar refractivity (Wildman–Crippen MR) is 107 cm³/mol. The van der Waals surface area contributed by atoms with Gasteiger partial charge in [-0.25, -0.2) is 14.5 Å². The lowest BCUT2D eigenvalue weighted by Crippen LogP contribution is -2.44. The van der Waals surface area contributed by atoms with Crippen LogP contribution in [0.2, 0.25) is 0 Å². The lowest BCUT2D eigenvalue weighted by Gasteiger charge is -2.28. The number of methoxy groups -OCH3 is 2. The van der Waals surface area contributed by atoms with E-state index in [1.54, 1.807) is 55.8 Å². The highest BCUT2D eigenvalue weighted by molar-refractivity contribution is 5.88. The second-order valence-corrected chi connectivity index (χ2v) is 8.50. The molecule has 0 fully saturated rings. The van der Waals surface area contributed by atoms with Crippen LogP contribution in [0.15, 0.2) is 12.1 Å². The van der Waals surface area contributed by atoms with Crippen molar-refractivity contribution in [3.05, 3.63) is 23.3 Å². The van der Waals surface area contributed by atoms with Gasteiger partial charge in [-0.05, 0) is 78.1 Å². The van der Waals surface area contributed by atoms with Crippen LogP contribution in [0.1, 0.15) is 52.7 Å². The maximum absolute atomic E-state index is 12.6. The van der Waals surface area contributed by atoms with Gasteiger partial charge in [-0.3, -0.25) is 0 Å². The van der Waals surface area contributed by atoms with Crippen molar-refractivity contribution in [2.24, 2.45) is 0 Å². The lowest BCUT2D eigenvalue weighted by molar-refractivity contribution is 0.00170. The van der Waals surface area contributed by atoms with Gasteiger partial charge in [-0.15, -0.1) is 0 Å². The first kappa shape index (κ1) is 23.6. The van der Waals surface area contributed by atoms with Gasteiger partial charge in [0.25, 0.3) is 0 Å². The molecule has 7 heteroatoms. The summed E-state index contributed by atoms with van der Waals surface area (Å²) in [5, 5.41) is 0. The quantitative estimate of drug-likeness (QED) is 0.718. The summed E-state index contributed by atoms with van der Waals surface area (Å²) in [6, 6.07) is 3.70. The van der Waals surface area contributed by atoms with Crippen molar-refractivity contribution in [2.75, 3.05) is 20.8 Å². The van der Waals surface area contributed by atoms with Crippen LogP contribution in [0.3, 0.4) is 0 Å². The lowest BCUT2D eigenvalue weighted by atomic mass is 10.0. The molecule has 0 aliphatic heterocycles. The summed E-state index contributed by atoms with van der Waals surface area (Å²) >= 11 is 0. The minimum Gasteiger partial charge on any atom is -0.493 e. The normalized spacial score (nSPS) is 11.6. The van der Waals surface area contributed by atoms with Crippen molar-refractivity contribution in [1.82, 2.24) is 4.90 Å². The van der Waals surface area contributed by atoms with Gasteiger partial charge in [0.1, 0.15) is 11.2 Å². The van der Waals surface area contributed by atoms with Crippen molar-refractivity contribution in [2.45, 2.75) is 66.1 Å². The Hall–Kier alpha value is -2.44. The van der Waals surface area contributed by atoms with Gasteiger partial charge >= 0.3 is 12.2 Å². The van der Waals surface area contributed by atoms with E-state index in [4.69, 9.17) is 18.9 Å². The first-order chi connectivity index (χ1) is 12.8. The number of carbonyl (C=O) groups is 2. The Labute approximate surface area is 167 Å². The van der Waals surface area contributed by atoms with E-state index < -0.39 is 23.4 Å². The molecule has 0 N–H and O–H groups in total. The Kier molecular flexibility index (Phi) is 7.73. The van der Waals surface area contributed by atoms with Crippen molar-refractivity contribution in [3.8, 4) is 11.5 Å². The standard InChI is InChI=1S/C21H33NO6/c1-14-12-16(25-8)17(26-9)13-15(14)10-11-22(18(23)27-20(2,3)4)19(24)28-21(5,6)7/h12-13H,10-11H2,1-9H3. The van der Waals surface area contributed by atoms with Crippen LogP contribution in [0, 0.1) is 6.92 Å². The van der Waals surface area contributed by atoms with E-state index >= 15 is 0 Å². The summed E-state index contributed by atoms with van der Waals surface area (Å²) < 4.78 is 21.4. The number of imide groups is 1. The third-order valence-electron chi connectivity index (χ3n) is 3.67. The van der Waals surface area contributed by atoms with Gasteiger partial charge in [0.2, 0.25) is 0 Å². The highest BCUT2D eigenvalue weighted by Gasteiger charge is 2.31. The predicted octanol–water partition coefficient (Wildman–Crippen LogP) is 4.73. The zero-order valence-electron chi connectivity index (χ0n) is 18.5. The minimum absolute atomic E-state index is 0.111. The first-order valence-electron chi connectivity index (χ1n) is 9.22. The highest BCUT2D eigenvalue weighted by atomic mass is 16.6. The van der Waals surface area contributed by atoms with E-state index in [1.807, 2.05) is 19.1 Å². The number of hydrogen-bond acceptors (Lipinski definition) is 6. The summed E-state index contributed by atoms with van der Waals surface area (Å²) in [6.07, 6.45) is -1.05. The number of hydrogen-bond donors (Lipinski definition) is 0. The molecular formula is C21H33NO6. The Balaban J connectivity index is 3.07. The van der Waals surface area contributed by atoms with E-state index in [0.717, 1.165) is 16.0 Å².